The van der Waals surface area contributed by atoms with Gasteiger partial charge in [-0.3, -0.25) is 9.80 Å². The summed E-state index contributed by atoms with van der Waals surface area (Å²) in [6.45, 7) is 4.93. The van der Waals surface area contributed by atoms with E-state index in [-0.39, 0.29) is 17.1 Å². The van der Waals surface area contributed by atoms with Gasteiger partial charge in [0.2, 0.25) is 10.0 Å². The molecule has 2 aromatic rings. The zero-order chi connectivity index (χ0) is 22.6. The fourth-order valence-corrected chi connectivity index (χ4v) is 5.27. The van der Waals surface area contributed by atoms with Crippen LogP contribution in [0.15, 0.2) is 53.4 Å². The summed E-state index contributed by atoms with van der Waals surface area (Å²) in [4.78, 5) is 4.79. The van der Waals surface area contributed by atoms with Crippen LogP contribution in [0.3, 0.4) is 0 Å². The monoisotopic (exact) mass is 451 g/mol. The van der Waals surface area contributed by atoms with Crippen LogP contribution in [0.4, 0.5) is 0 Å². The Kier molecular flexibility index (Phi) is 6.85. The number of nitrogens with one attached hydrogen (secondary N) is 1. The molecular weight excluding hydrogens is 426 g/mol. The van der Waals surface area contributed by atoms with Crippen molar-refractivity contribution in [2.75, 3.05) is 39.3 Å². The van der Waals surface area contributed by atoms with Crippen LogP contribution >= 0.6 is 0 Å². The van der Waals surface area contributed by atoms with Crippen LogP contribution in [-0.4, -0.2) is 69.7 Å². The first-order valence-electron chi connectivity index (χ1n) is 10.5. The van der Waals surface area contributed by atoms with Gasteiger partial charge in [-0.15, -0.1) is 0 Å². The second-order valence-corrected chi connectivity index (χ2v) is 9.94. The van der Waals surface area contributed by atoms with Gasteiger partial charge in [0.25, 0.3) is 0 Å². The highest BCUT2D eigenvalue weighted by Crippen LogP contribution is 2.21. The lowest BCUT2D eigenvalue weighted by Gasteiger charge is -2.46. The molecule has 1 N–H and O–H groups in total. The number of nitriles is 2. The van der Waals surface area contributed by atoms with E-state index in [1.807, 2.05) is 30.3 Å². The Morgan fingerprint density at radius 1 is 0.875 bits per heavy atom. The number of nitrogens with zero attached hydrogens (tertiary/aromatic N) is 4. The molecule has 2 fully saturated rings. The van der Waals surface area contributed by atoms with E-state index >= 15 is 0 Å². The maximum absolute atomic E-state index is 12.5. The Morgan fingerprint density at radius 3 is 1.97 bits per heavy atom. The van der Waals surface area contributed by atoms with E-state index < -0.39 is 10.0 Å². The van der Waals surface area contributed by atoms with Crippen molar-refractivity contribution in [3.05, 3.63) is 65.2 Å². The summed E-state index contributed by atoms with van der Waals surface area (Å²) in [5.74, 6) is 0. The number of hydrogen-bond acceptors (Lipinski definition) is 7. The normalized spacial score (nSPS) is 21.6. The lowest BCUT2D eigenvalue weighted by molar-refractivity contribution is -0.139. The van der Waals surface area contributed by atoms with Gasteiger partial charge in [-0.2, -0.15) is 10.5 Å². The van der Waals surface area contributed by atoms with Crippen molar-refractivity contribution in [2.24, 2.45) is 0 Å². The van der Waals surface area contributed by atoms with E-state index in [1.165, 1.54) is 29.8 Å². The molecule has 0 aromatic heterocycles. The van der Waals surface area contributed by atoms with Crippen LogP contribution in [-0.2, 0) is 21.3 Å². The van der Waals surface area contributed by atoms with E-state index in [0.29, 0.717) is 24.2 Å². The molecule has 166 valence electrons. The lowest BCUT2D eigenvalue weighted by Crippen LogP contribution is -2.59. The van der Waals surface area contributed by atoms with Crippen LogP contribution in [0.1, 0.15) is 16.7 Å². The highest BCUT2D eigenvalue weighted by atomic mass is 32.2. The Hall–Kier alpha value is -2.79. The predicted molar refractivity (Wildman–Crippen MR) is 118 cm³/mol. The van der Waals surface area contributed by atoms with Crippen LogP contribution in [0.2, 0.25) is 0 Å². The van der Waals surface area contributed by atoms with Gasteiger partial charge in [0.1, 0.15) is 0 Å². The fraction of sp³-hybridized carbons (Fsp3) is 0.391. The average molecular weight is 452 g/mol. The van der Waals surface area contributed by atoms with Gasteiger partial charge in [0.05, 0.1) is 40.4 Å². The largest absolute Gasteiger partial charge is 0.370 e. The molecular formula is C23H25N5O3S. The zero-order valence-electron chi connectivity index (χ0n) is 17.6. The molecule has 4 rings (SSSR count). The lowest BCUT2D eigenvalue weighted by atomic mass is 10.1. The van der Waals surface area contributed by atoms with Crippen molar-refractivity contribution in [3.63, 3.8) is 0 Å². The Balaban J connectivity index is 1.25. The van der Waals surface area contributed by atoms with Crippen molar-refractivity contribution < 1.29 is 13.2 Å². The predicted octanol–water partition coefficient (Wildman–Crippen LogP) is 1.29. The summed E-state index contributed by atoms with van der Waals surface area (Å²) in [6.07, 6.45) is 0.187. The van der Waals surface area contributed by atoms with E-state index in [0.717, 1.165) is 32.7 Å². The van der Waals surface area contributed by atoms with Gasteiger partial charge in [-0.05, 0) is 42.0 Å². The maximum Gasteiger partial charge on any atom is 0.240 e. The molecule has 0 saturated carbocycles. The van der Waals surface area contributed by atoms with E-state index in [4.69, 9.17) is 15.3 Å². The van der Waals surface area contributed by atoms with Gasteiger partial charge < -0.3 is 4.74 Å². The van der Waals surface area contributed by atoms with E-state index in [9.17, 15) is 8.42 Å². The third-order valence-electron chi connectivity index (χ3n) is 5.74. The highest BCUT2D eigenvalue weighted by molar-refractivity contribution is 7.89. The van der Waals surface area contributed by atoms with E-state index in [1.54, 1.807) is 0 Å². The van der Waals surface area contributed by atoms with Crippen molar-refractivity contribution in [1.29, 1.82) is 10.5 Å². The molecule has 9 heteroatoms. The summed E-state index contributed by atoms with van der Waals surface area (Å²) < 4.78 is 33.7. The van der Waals surface area contributed by atoms with Crippen LogP contribution < -0.4 is 4.72 Å². The number of benzene rings is 2. The molecule has 0 aliphatic carbocycles. The molecule has 2 atom stereocenters. The number of ether oxygens (including phenoxy) is 1. The fourth-order valence-electron chi connectivity index (χ4n) is 4.25. The van der Waals surface area contributed by atoms with Crippen molar-refractivity contribution in [1.82, 2.24) is 14.5 Å². The second-order valence-electron chi connectivity index (χ2n) is 8.18. The second kappa shape index (κ2) is 9.78. The number of hydrogen-bond donors (Lipinski definition) is 1. The first-order chi connectivity index (χ1) is 15.4. The third-order valence-corrected chi connectivity index (χ3v) is 7.21. The molecule has 0 spiro atoms. The number of fused-ring (bicyclic) bond motifs is 2. The van der Waals surface area contributed by atoms with Gasteiger partial charge in [0, 0.05) is 45.8 Å². The SMILES string of the molecule is N#Cc1ccc(CN2CC3CN(CCNS(=O)(=O)c4ccc(C#N)cc4)CC(C2)O3)cc1. The molecule has 8 nitrogen and oxygen atoms in total. The molecule has 2 aliphatic heterocycles. The summed E-state index contributed by atoms with van der Waals surface area (Å²) in [6, 6.07) is 17.7. The zero-order valence-corrected chi connectivity index (χ0v) is 18.5. The minimum absolute atomic E-state index is 0.0935. The van der Waals surface area contributed by atoms with Gasteiger partial charge in [-0.25, -0.2) is 13.1 Å². The number of rotatable bonds is 7. The van der Waals surface area contributed by atoms with Crippen LogP contribution in [0, 0.1) is 22.7 Å². The summed E-state index contributed by atoms with van der Waals surface area (Å²) in [5.41, 5.74) is 2.27. The highest BCUT2D eigenvalue weighted by Gasteiger charge is 2.34. The Labute approximate surface area is 188 Å². The third kappa shape index (κ3) is 5.52. The Morgan fingerprint density at radius 2 is 1.41 bits per heavy atom. The minimum Gasteiger partial charge on any atom is -0.370 e. The van der Waals surface area contributed by atoms with Gasteiger partial charge in [-0.1, -0.05) is 12.1 Å². The molecule has 32 heavy (non-hydrogen) atoms. The van der Waals surface area contributed by atoms with Gasteiger partial charge >= 0.3 is 0 Å². The summed E-state index contributed by atoms with van der Waals surface area (Å²) >= 11 is 0. The standard InChI is InChI=1S/C23H25N5O3S/c24-11-18-1-3-20(4-2-18)13-28-16-21-14-27(15-22(17-28)31-21)10-9-26-32(29,30)23-7-5-19(12-25)6-8-23/h1-8,21-22,26H,9-10,13-17H2. The van der Waals surface area contributed by atoms with Crippen molar-refractivity contribution >= 4 is 10.0 Å². The first-order valence-corrected chi connectivity index (χ1v) is 12.0. The molecule has 2 bridgehead atoms. The maximum atomic E-state index is 12.5. The molecule has 0 radical (unpaired) electrons. The number of sulfonamides is 1. The molecule has 2 unspecified atom stereocenters. The van der Waals surface area contributed by atoms with Crippen molar-refractivity contribution in [3.8, 4) is 12.1 Å². The topological polar surface area (TPSA) is 109 Å². The van der Waals surface area contributed by atoms with E-state index in [2.05, 4.69) is 20.6 Å². The van der Waals surface area contributed by atoms with Gasteiger partial charge in [0.15, 0.2) is 0 Å². The first kappa shape index (κ1) is 22.4. The number of morpholine rings is 2. The summed E-state index contributed by atoms with van der Waals surface area (Å²) in [7, 11) is -3.60. The molecule has 2 saturated heterocycles. The molecule has 0 amide bonds. The van der Waals surface area contributed by atoms with Crippen molar-refractivity contribution in [2.45, 2.75) is 23.6 Å². The quantitative estimate of drug-likeness (QED) is 0.676. The Bertz CT molecular complexity index is 1110. The molecule has 2 aromatic carbocycles. The summed E-state index contributed by atoms with van der Waals surface area (Å²) in [5, 5.41) is 17.8. The van der Waals surface area contributed by atoms with Crippen LogP contribution in [0.5, 0.6) is 0 Å². The molecule has 2 heterocycles. The smallest absolute Gasteiger partial charge is 0.240 e. The minimum atomic E-state index is -3.60. The van der Waals surface area contributed by atoms with Crippen LogP contribution in [0.25, 0.3) is 0 Å². The average Bonchev–Trinajstić information content (AvgIpc) is 2.79. The molecule has 2 aliphatic rings.